The van der Waals surface area contributed by atoms with Crippen LogP contribution < -0.4 is 4.90 Å². The maximum atomic E-state index is 2.35. The first-order chi connectivity index (χ1) is 13.9. The van der Waals surface area contributed by atoms with Gasteiger partial charge < -0.3 is 9.47 Å². The lowest BCUT2D eigenvalue weighted by atomic mass is 10.0. The molecular weight excluding hydrogens is 352 g/mol. The molecule has 0 aliphatic rings. The van der Waals surface area contributed by atoms with Crippen molar-refractivity contribution in [3.63, 3.8) is 0 Å². The Balaban J connectivity index is 1.70. The number of benzene rings is 4. The summed E-state index contributed by atoms with van der Waals surface area (Å²) < 4.78 is 2.30. The molecule has 0 aliphatic heterocycles. The molecule has 0 saturated heterocycles. The number of hydrogen-bond acceptors (Lipinski definition) is 1. The van der Waals surface area contributed by atoms with Crippen molar-refractivity contribution < 1.29 is 0 Å². The van der Waals surface area contributed by atoms with Gasteiger partial charge in [-0.25, -0.2) is 0 Å². The standard InChI is InChI=1S/C27H26N2/c1-17-6-10-25(19(3)12-17)28(4)22-9-8-20-16-27-24(15-21(20)14-22)23-13-18(2)7-11-26(23)29(27)5/h6-16H,1-5H3. The van der Waals surface area contributed by atoms with Gasteiger partial charge in [0.25, 0.3) is 0 Å². The average Bonchev–Trinajstić information content (AvgIpc) is 2.96. The summed E-state index contributed by atoms with van der Waals surface area (Å²) >= 11 is 0. The Morgan fingerprint density at radius 1 is 0.655 bits per heavy atom. The molecule has 5 rings (SSSR count). The van der Waals surface area contributed by atoms with Crippen molar-refractivity contribution in [2.45, 2.75) is 20.8 Å². The molecule has 4 aromatic carbocycles. The Bertz CT molecular complexity index is 1410. The highest BCUT2D eigenvalue weighted by Crippen LogP contribution is 2.35. The van der Waals surface area contributed by atoms with Crippen molar-refractivity contribution in [2.24, 2.45) is 7.05 Å². The fraction of sp³-hybridized carbons (Fsp3) is 0.185. The van der Waals surface area contributed by atoms with E-state index in [1.165, 1.54) is 60.6 Å². The quantitative estimate of drug-likeness (QED) is 0.316. The van der Waals surface area contributed by atoms with Gasteiger partial charge in [0.2, 0.25) is 0 Å². The van der Waals surface area contributed by atoms with E-state index in [0.29, 0.717) is 0 Å². The normalized spacial score (nSPS) is 11.6. The Kier molecular flexibility index (Phi) is 3.92. The predicted octanol–water partition coefficient (Wildman–Crippen LogP) is 7.18. The summed E-state index contributed by atoms with van der Waals surface area (Å²) in [6, 6.07) is 24.8. The highest BCUT2D eigenvalue weighted by atomic mass is 15.1. The summed E-state index contributed by atoms with van der Waals surface area (Å²) in [6.45, 7) is 6.49. The van der Waals surface area contributed by atoms with E-state index in [1.807, 2.05) is 0 Å². The van der Waals surface area contributed by atoms with E-state index in [9.17, 15) is 0 Å². The van der Waals surface area contributed by atoms with E-state index in [4.69, 9.17) is 0 Å². The Morgan fingerprint density at radius 3 is 2.17 bits per heavy atom. The molecule has 0 spiro atoms. The number of hydrogen-bond donors (Lipinski definition) is 0. The molecular formula is C27H26N2. The summed E-state index contributed by atoms with van der Waals surface area (Å²) in [4.78, 5) is 2.28. The van der Waals surface area contributed by atoms with E-state index in [2.05, 4.69) is 111 Å². The molecule has 144 valence electrons. The third-order valence-electron chi connectivity index (χ3n) is 6.20. The van der Waals surface area contributed by atoms with Gasteiger partial charge >= 0.3 is 0 Å². The first-order valence-electron chi connectivity index (χ1n) is 10.2. The van der Waals surface area contributed by atoms with Crippen LogP contribution in [0.3, 0.4) is 0 Å². The lowest BCUT2D eigenvalue weighted by molar-refractivity contribution is 1.01. The summed E-state index contributed by atoms with van der Waals surface area (Å²) in [5.41, 5.74) is 8.92. The maximum Gasteiger partial charge on any atom is 0.0495 e. The summed E-state index contributed by atoms with van der Waals surface area (Å²) in [5, 5.41) is 5.21. The zero-order valence-corrected chi connectivity index (χ0v) is 17.7. The molecule has 0 fully saturated rings. The Hall–Kier alpha value is -3.26. The van der Waals surface area contributed by atoms with E-state index in [1.54, 1.807) is 0 Å². The van der Waals surface area contributed by atoms with Gasteiger partial charge in [-0.2, -0.15) is 0 Å². The van der Waals surface area contributed by atoms with Crippen LogP contribution in [0.15, 0.2) is 66.7 Å². The number of fused-ring (bicyclic) bond motifs is 4. The first kappa shape index (κ1) is 17.8. The minimum absolute atomic E-state index is 1.21. The molecule has 5 aromatic rings. The van der Waals surface area contributed by atoms with Crippen LogP contribution >= 0.6 is 0 Å². The topological polar surface area (TPSA) is 8.17 Å². The third kappa shape index (κ3) is 2.79. The smallest absolute Gasteiger partial charge is 0.0495 e. The molecule has 2 heteroatoms. The Morgan fingerprint density at radius 2 is 1.38 bits per heavy atom. The van der Waals surface area contributed by atoms with E-state index >= 15 is 0 Å². The molecule has 1 heterocycles. The zero-order chi connectivity index (χ0) is 20.3. The van der Waals surface area contributed by atoms with Gasteiger partial charge in [0.15, 0.2) is 0 Å². The van der Waals surface area contributed by atoms with Gasteiger partial charge in [0.1, 0.15) is 0 Å². The number of rotatable bonds is 2. The third-order valence-corrected chi connectivity index (χ3v) is 6.20. The largest absolute Gasteiger partial charge is 0.344 e. The fourth-order valence-electron chi connectivity index (χ4n) is 4.58. The number of anilines is 2. The number of aryl methyl sites for hydroxylation is 4. The van der Waals surface area contributed by atoms with Gasteiger partial charge in [0, 0.05) is 47.3 Å². The maximum absolute atomic E-state index is 2.35. The molecule has 29 heavy (non-hydrogen) atoms. The molecule has 0 atom stereocenters. The highest BCUT2D eigenvalue weighted by molar-refractivity contribution is 6.13. The van der Waals surface area contributed by atoms with Gasteiger partial charge in [-0.1, -0.05) is 35.4 Å². The van der Waals surface area contributed by atoms with Crippen LogP contribution in [-0.4, -0.2) is 11.6 Å². The van der Waals surface area contributed by atoms with Gasteiger partial charge in [-0.15, -0.1) is 0 Å². The minimum Gasteiger partial charge on any atom is -0.344 e. The van der Waals surface area contributed by atoms with Crippen LogP contribution in [0, 0.1) is 20.8 Å². The second-order valence-electron chi connectivity index (χ2n) is 8.33. The van der Waals surface area contributed by atoms with Crippen molar-refractivity contribution in [1.82, 2.24) is 4.57 Å². The van der Waals surface area contributed by atoms with E-state index < -0.39 is 0 Å². The van der Waals surface area contributed by atoms with E-state index in [0.717, 1.165) is 0 Å². The monoisotopic (exact) mass is 378 g/mol. The molecule has 0 radical (unpaired) electrons. The van der Waals surface area contributed by atoms with Gasteiger partial charge in [0.05, 0.1) is 0 Å². The van der Waals surface area contributed by atoms with Crippen molar-refractivity contribution in [2.75, 3.05) is 11.9 Å². The molecule has 0 saturated carbocycles. The predicted molar refractivity (Wildman–Crippen MR) is 127 cm³/mol. The highest BCUT2D eigenvalue weighted by Gasteiger charge is 2.12. The second-order valence-corrected chi connectivity index (χ2v) is 8.33. The number of nitrogens with zero attached hydrogens (tertiary/aromatic N) is 2. The molecule has 1 aromatic heterocycles. The minimum atomic E-state index is 1.21. The summed E-state index contributed by atoms with van der Waals surface area (Å²) in [7, 11) is 4.31. The van der Waals surface area contributed by atoms with Crippen LogP contribution in [-0.2, 0) is 7.05 Å². The van der Waals surface area contributed by atoms with Crippen molar-refractivity contribution in [1.29, 1.82) is 0 Å². The molecule has 0 unspecified atom stereocenters. The molecule has 0 amide bonds. The zero-order valence-electron chi connectivity index (χ0n) is 17.7. The van der Waals surface area contributed by atoms with Crippen molar-refractivity contribution >= 4 is 44.0 Å². The Labute approximate surface area is 172 Å². The second kappa shape index (κ2) is 6.38. The first-order valence-corrected chi connectivity index (χ1v) is 10.2. The van der Waals surface area contributed by atoms with Crippen LogP contribution in [0.5, 0.6) is 0 Å². The molecule has 2 nitrogen and oxygen atoms in total. The lowest BCUT2D eigenvalue weighted by Crippen LogP contribution is -2.10. The van der Waals surface area contributed by atoms with Crippen molar-refractivity contribution in [3.8, 4) is 0 Å². The van der Waals surface area contributed by atoms with Crippen LogP contribution in [0.2, 0.25) is 0 Å². The van der Waals surface area contributed by atoms with Crippen LogP contribution in [0.4, 0.5) is 11.4 Å². The average molecular weight is 379 g/mol. The SMILES string of the molecule is Cc1ccc(N(C)c2ccc3cc4c(cc3c2)c2cc(C)ccc2n4C)c(C)c1. The van der Waals surface area contributed by atoms with Crippen LogP contribution in [0.1, 0.15) is 16.7 Å². The lowest BCUT2D eigenvalue weighted by Gasteiger charge is -2.22. The molecule has 0 bridgehead atoms. The molecule has 0 aliphatic carbocycles. The fourth-order valence-corrected chi connectivity index (χ4v) is 4.58. The van der Waals surface area contributed by atoms with Gasteiger partial charge in [-0.3, -0.25) is 0 Å². The van der Waals surface area contributed by atoms with Crippen LogP contribution in [0.25, 0.3) is 32.6 Å². The van der Waals surface area contributed by atoms with Crippen molar-refractivity contribution in [3.05, 3.63) is 83.4 Å². The van der Waals surface area contributed by atoms with Gasteiger partial charge in [-0.05, 0) is 79.6 Å². The molecule has 0 N–H and O–H groups in total. The van der Waals surface area contributed by atoms with E-state index in [-0.39, 0.29) is 0 Å². The number of aromatic nitrogens is 1. The summed E-state index contributed by atoms with van der Waals surface area (Å²) in [5.74, 6) is 0. The summed E-state index contributed by atoms with van der Waals surface area (Å²) in [6.07, 6.45) is 0.